The van der Waals surface area contributed by atoms with Crippen molar-refractivity contribution in [3.63, 3.8) is 0 Å². The number of halogens is 1. The molecule has 0 amide bonds. The van der Waals surface area contributed by atoms with Gasteiger partial charge in [-0.1, -0.05) is 29.8 Å². The van der Waals surface area contributed by atoms with Gasteiger partial charge in [0.25, 0.3) is 0 Å². The molecule has 0 spiro atoms. The first-order valence-electron chi connectivity index (χ1n) is 5.42. The highest BCUT2D eigenvalue weighted by atomic mass is 79.9. The number of alkyl halides is 1. The van der Waals surface area contributed by atoms with Gasteiger partial charge in [0.2, 0.25) is 0 Å². The molecule has 0 unspecified atom stereocenters. The van der Waals surface area contributed by atoms with E-state index in [1.54, 1.807) is 0 Å². The summed E-state index contributed by atoms with van der Waals surface area (Å²) in [6, 6.07) is 0. The normalized spacial score (nSPS) is 34.8. The highest BCUT2D eigenvalue weighted by Gasteiger charge is 2.33. The zero-order chi connectivity index (χ0) is 9.73. The quantitative estimate of drug-likeness (QED) is 0.689. The van der Waals surface area contributed by atoms with Crippen LogP contribution in [0.5, 0.6) is 0 Å². The van der Waals surface area contributed by atoms with Crippen LogP contribution in [0.25, 0.3) is 0 Å². The van der Waals surface area contributed by atoms with Crippen LogP contribution < -0.4 is 0 Å². The first-order valence-corrected chi connectivity index (χ1v) is 6.54. The van der Waals surface area contributed by atoms with Crippen molar-refractivity contribution in [3.8, 4) is 0 Å². The summed E-state index contributed by atoms with van der Waals surface area (Å²) in [4.78, 5) is 0. The van der Waals surface area contributed by atoms with Gasteiger partial charge < -0.3 is 4.74 Å². The molecule has 1 fully saturated rings. The van der Waals surface area contributed by atoms with Crippen molar-refractivity contribution < 1.29 is 4.74 Å². The van der Waals surface area contributed by atoms with E-state index in [1.165, 1.54) is 25.7 Å². The van der Waals surface area contributed by atoms with Gasteiger partial charge >= 0.3 is 0 Å². The van der Waals surface area contributed by atoms with Gasteiger partial charge in [0.1, 0.15) is 0 Å². The van der Waals surface area contributed by atoms with Crippen molar-refractivity contribution >= 4 is 15.9 Å². The van der Waals surface area contributed by atoms with E-state index in [0.29, 0.717) is 0 Å². The molecule has 0 radical (unpaired) electrons. The molecule has 13 heavy (non-hydrogen) atoms. The van der Waals surface area contributed by atoms with Gasteiger partial charge in [-0.2, -0.15) is 0 Å². The van der Waals surface area contributed by atoms with Crippen LogP contribution in [0.3, 0.4) is 0 Å². The largest absolute Gasteiger partial charge is 0.374 e. The minimum Gasteiger partial charge on any atom is -0.374 e. The molecular formula is C11H21BrO. The molecule has 0 aliphatic heterocycles. The third kappa shape index (κ3) is 3.25. The smallest absolute Gasteiger partial charge is 0.0779 e. The Kier molecular flexibility index (Phi) is 4.74. The van der Waals surface area contributed by atoms with Gasteiger partial charge in [-0.25, -0.2) is 0 Å². The van der Waals surface area contributed by atoms with Crippen LogP contribution in [0.15, 0.2) is 0 Å². The Morgan fingerprint density at radius 2 is 2.00 bits per heavy atom. The first-order chi connectivity index (χ1) is 6.22. The average Bonchev–Trinajstić information content (AvgIpc) is 2.18. The molecule has 0 bridgehead atoms. The molecule has 0 heterocycles. The molecule has 0 aromatic heterocycles. The van der Waals surface area contributed by atoms with E-state index in [1.807, 2.05) is 0 Å². The van der Waals surface area contributed by atoms with Crippen LogP contribution in [0.4, 0.5) is 0 Å². The van der Waals surface area contributed by atoms with Crippen LogP contribution in [0.1, 0.15) is 46.0 Å². The van der Waals surface area contributed by atoms with Crippen molar-refractivity contribution in [2.45, 2.75) is 51.6 Å². The van der Waals surface area contributed by atoms with Crippen LogP contribution in [0, 0.1) is 5.92 Å². The summed E-state index contributed by atoms with van der Waals surface area (Å²) in [5.41, 5.74) is 0.169. The highest BCUT2D eigenvalue weighted by Crippen LogP contribution is 2.36. The predicted octanol–water partition coefficient (Wildman–Crippen LogP) is 3.76. The number of rotatable bonds is 4. The fourth-order valence-corrected chi connectivity index (χ4v) is 2.65. The van der Waals surface area contributed by atoms with Crippen molar-refractivity contribution in [2.75, 3.05) is 11.9 Å². The summed E-state index contributed by atoms with van der Waals surface area (Å²) in [6.07, 6.45) is 6.26. The lowest BCUT2D eigenvalue weighted by Gasteiger charge is -2.38. The number of hydrogen-bond donors (Lipinski definition) is 0. The van der Waals surface area contributed by atoms with Crippen LogP contribution in [-0.2, 0) is 4.74 Å². The Morgan fingerprint density at radius 1 is 1.38 bits per heavy atom. The summed E-state index contributed by atoms with van der Waals surface area (Å²) < 4.78 is 5.97. The molecule has 1 aliphatic rings. The molecule has 0 saturated heterocycles. The third-order valence-electron chi connectivity index (χ3n) is 3.04. The lowest BCUT2D eigenvalue weighted by molar-refractivity contribution is -0.0583. The minimum absolute atomic E-state index is 0.169. The SMILES string of the molecule is CCCOC1(CBr)CCC(C)CC1. The summed E-state index contributed by atoms with van der Waals surface area (Å²) in [7, 11) is 0. The molecule has 1 nitrogen and oxygen atoms in total. The number of ether oxygens (including phenoxy) is 1. The average molecular weight is 249 g/mol. The fraction of sp³-hybridized carbons (Fsp3) is 1.00. The van der Waals surface area contributed by atoms with Gasteiger partial charge in [-0.3, -0.25) is 0 Å². The van der Waals surface area contributed by atoms with E-state index in [0.717, 1.165) is 24.3 Å². The zero-order valence-electron chi connectivity index (χ0n) is 8.81. The number of hydrogen-bond acceptors (Lipinski definition) is 1. The van der Waals surface area contributed by atoms with Gasteiger partial charge in [0.15, 0.2) is 0 Å². The first kappa shape index (κ1) is 11.5. The van der Waals surface area contributed by atoms with E-state index >= 15 is 0 Å². The molecular weight excluding hydrogens is 228 g/mol. The van der Waals surface area contributed by atoms with E-state index in [2.05, 4.69) is 29.8 Å². The fourth-order valence-electron chi connectivity index (χ4n) is 1.92. The predicted molar refractivity (Wildman–Crippen MR) is 60.4 cm³/mol. The molecule has 2 heteroatoms. The highest BCUT2D eigenvalue weighted by molar-refractivity contribution is 9.09. The van der Waals surface area contributed by atoms with E-state index in [9.17, 15) is 0 Å². The Hall–Kier alpha value is 0.440. The molecule has 1 saturated carbocycles. The molecule has 0 N–H and O–H groups in total. The maximum atomic E-state index is 5.97. The van der Waals surface area contributed by atoms with Crippen LogP contribution >= 0.6 is 15.9 Å². The monoisotopic (exact) mass is 248 g/mol. The topological polar surface area (TPSA) is 9.23 Å². The summed E-state index contributed by atoms with van der Waals surface area (Å²) >= 11 is 3.59. The maximum absolute atomic E-state index is 5.97. The van der Waals surface area contributed by atoms with Crippen molar-refractivity contribution in [1.82, 2.24) is 0 Å². The van der Waals surface area contributed by atoms with E-state index < -0.39 is 0 Å². The summed E-state index contributed by atoms with van der Waals surface area (Å²) in [5, 5.41) is 1.01. The van der Waals surface area contributed by atoms with Gasteiger partial charge in [-0.15, -0.1) is 0 Å². The van der Waals surface area contributed by atoms with Gasteiger partial charge in [0, 0.05) is 11.9 Å². The zero-order valence-corrected chi connectivity index (χ0v) is 10.4. The molecule has 1 rings (SSSR count). The second-order valence-corrected chi connectivity index (χ2v) is 4.91. The van der Waals surface area contributed by atoms with Crippen LogP contribution in [0.2, 0.25) is 0 Å². The molecule has 0 aromatic carbocycles. The Morgan fingerprint density at radius 3 is 2.46 bits per heavy atom. The third-order valence-corrected chi connectivity index (χ3v) is 4.06. The lowest BCUT2D eigenvalue weighted by atomic mass is 9.80. The van der Waals surface area contributed by atoms with Crippen molar-refractivity contribution in [2.24, 2.45) is 5.92 Å². The Labute approximate surface area is 90.4 Å². The van der Waals surface area contributed by atoms with Crippen molar-refractivity contribution in [1.29, 1.82) is 0 Å². The molecule has 78 valence electrons. The van der Waals surface area contributed by atoms with Gasteiger partial charge in [0.05, 0.1) is 5.60 Å². The van der Waals surface area contributed by atoms with E-state index in [4.69, 9.17) is 4.74 Å². The molecule has 1 aliphatic carbocycles. The minimum atomic E-state index is 0.169. The standard InChI is InChI=1S/C11H21BrO/c1-3-8-13-11(9-12)6-4-10(2)5-7-11/h10H,3-9H2,1-2H3. The van der Waals surface area contributed by atoms with Crippen LogP contribution in [-0.4, -0.2) is 17.5 Å². The Balaban J connectivity index is 2.40. The maximum Gasteiger partial charge on any atom is 0.0779 e. The summed E-state index contributed by atoms with van der Waals surface area (Å²) in [6.45, 7) is 5.44. The lowest BCUT2D eigenvalue weighted by Crippen LogP contribution is -2.38. The molecule has 0 aromatic rings. The second-order valence-electron chi connectivity index (χ2n) is 4.35. The summed E-state index contributed by atoms with van der Waals surface area (Å²) in [5.74, 6) is 0.900. The van der Waals surface area contributed by atoms with Crippen molar-refractivity contribution in [3.05, 3.63) is 0 Å². The van der Waals surface area contributed by atoms with Gasteiger partial charge in [-0.05, 0) is 38.0 Å². The Bertz CT molecular complexity index is 134. The van der Waals surface area contributed by atoms with E-state index in [-0.39, 0.29) is 5.60 Å². The second kappa shape index (κ2) is 5.35. The molecule has 0 atom stereocenters.